The maximum absolute atomic E-state index is 6.12. The van der Waals surface area contributed by atoms with Crippen molar-refractivity contribution in [2.45, 2.75) is 0 Å². The van der Waals surface area contributed by atoms with Gasteiger partial charge >= 0.3 is 0 Å². The predicted octanol–water partition coefficient (Wildman–Crippen LogP) is 2.24. The van der Waals surface area contributed by atoms with Gasteiger partial charge in [-0.3, -0.25) is 0 Å². The van der Waals surface area contributed by atoms with Crippen LogP contribution in [0.3, 0.4) is 0 Å². The van der Waals surface area contributed by atoms with Crippen LogP contribution in [0.2, 0.25) is 5.02 Å². The third-order valence-corrected chi connectivity index (χ3v) is 4.05. The van der Waals surface area contributed by atoms with Gasteiger partial charge in [0.05, 0.1) is 5.52 Å². The number of aromatic nitrogens is 3. The summed E-state index contributed by atoms with van der Waals surface area (Å²) in [5.41, 5.74) is 1.82. The molecule has 1 saturated heterocycles. The van der Waals surface area contributed by atoms with Crippen molar-refractivity contribution in [1.29, 1.82) is 0 Å². The van der Waals surface area contributed by atoms with E-state index in [1.807, 2.05) is 24.4 Å². The third kappa shape index (κ3) is 2.18. The Morgan fingerprint density at radius 3 is 2.86 bits per heavy atom. The molecule has 2 aromatic heterocycles. The first-order valence-electron chi connectivity index (χ1n) is 6.97. The van der Waals surface area contributed by atoms with Gasteiger partial charge in [-0.25, -0.2) is 15.0 Å². The first-order chi connectivity index (χ1) is 10.3. The van der Waals surface area contributed by atoms with E-state index in [4.69, 9.17) is 16.6 Å². The molecular formula is C15H14ClN5. The summed E-state index contributed by atoms with van der Waals surface area (Å²) < 4.78 is 0. The quantitative estimate of drug-likeness (QED) is 0.699. The molecule has 0 spiro atoms. The summed E-state index contributed by atoms with van der Waals surface area (Å²) in [6.07, 6.45) is 3.42. The number of piperazine rings is 1. The molecule has 4 rings (SSSR count). The zero-order chi connectivity index (χ0) is 14.2. The van der Waals surface area contributed by atoms with Crippen LogP contribution in [0.15, 0.2) is 30.7 Å². The van der Waals surface area contributed by atoms with Crippen LogP contribution < -0.4 is 10.2 Å². The van der Waals surface area contributed by atoms with Crippen molar-refractivity contribution in [2.75, 3.05) is 31.1 Å². The molecule has 6 heteroatoms. The van der Waals surface area contributed by atoms with Gasteiger partial charge in [0.15, 0.2) is 5.82 Å². The molecule has 1 fully saturated rings. The van der Waals surface area contributed by atoms with Crippen LogP contribution in [-0.2, 0) is 0 Å². The summed E-state index contributed by atoms with van der Waals surface area (Å²) in [5, 5.41) is 6.05. The van der Waals surface area contributed by atoms with Crippen LogP contribution in [0.5, 0.6) is 0 Å². The lowest BCUT2D eigenvalue weighted by molar-refractivity contribution is 0.586. The van der Waals surface area contributed by atoms with Crippen LogP contribution in [0.4, 0.5) is 5.82 Å². The van der Waals surface area contributed by atoms with E-state index in [1.54, 1.807) is 6.33 Å². The maximum Gasteiger partial charge on any atom is 0.156 e. The van der Waals surface area contributed by atoms with Crippen molar-refractivity contribution >= 4 is 39.2 Å². The minimum Gasteiger partial charge on any atom is -0.352 e. The Morgan fingerprint density at radius 1 is 1.14 bits per heavy atom. The Balaban J connectivity index is 2.02. The number of halogens is 1. The lowest BCUT2D eigenvalue weighted by Gasteiger charge is -2.29. The Bertz CT molecular complexity index is 814. The Labute approximate surface area is 127 Å². The summed E-state index contributed by atoms with van der Waals surface area (Å²) in [5.74, 6) is 0.934. The Kier molecular flexibility index (Phi) is 3.09. The lowest BCUT2D eigenvalue weighted by atomic mass is 10.1. The van der Waals surface area contributed by atoms with E-state index in [1.165, 1.54) is 0 Å². The van der Waals surface area contributed by atoms with Crippen molar-refractivity contribution in [3.63, 3.8) is 0 Å². The van der Waals surface area contributed by atoms with Crippen LogP contribution in [0.1, 0.15) is 0 Å². The largest absolute Gasteiger partial charge is 0.352 e. The fourth-order valence-corrected chi connectivity index (χ4v) is 2.96. The molecule has 1 N–H and O–H groups in total. The van der Waals surface area contributed by atoms with E-state index in [0.717, 1.165) is 53.8 Å². The van der Waals surface area contributed by atoms with Crippen LogP contribution >= 0.6 is 11.6 Å². The number of nitrogens with one attached hydrogen (secondary N) is 1. The van der Waals surface area contributed by atoms with Gasteiger partial charge < -0.3 is 10.2 Å². The Morgan fingerprint density at radius 2 is 2.00 bits per heavy atom. The standard InChI is InChI=1S/C15H14ClN5/c16-10-1-2-13-11(7-10)12-8-18-9-19-14(12)15(20-13)21-5-3-17-4-6-21/h1-2,7-9,17H,3-6H2. The van der Waals surface area contributed by atoms with E-state index in [-0.39, 0.29) is 0 Å². The fourth-order valence-electron chi connectivity index (χ4n) is 2.79. The number of pyridine rings is 1. The average Bonchev–Trinajstić information content (AvgIpc) is 2.55. The van der Waals surface area contributed by atoms with E-state index < -0.39 is 0 Å². The molecule has 0 atom stereocenters. The molecule has 3 heterocycles. The molecule has 0 unspecified atom stereocenters. The predicted molar refractivity (Wildman–Crippen MR) is 84.9 cm³/mol. The number of fused-ring (bicyclic) bond motifs is 3. The van der Waals surface area contributed by atoms with Gasteiger partial charge in [-0.05, 0) is 18.2 Å². The first-order valence-corrected chi connectivity index (χ1v) is 7.35. The molecule has 1 aliphatic heterocycles. The highest BCUT2D eigenvalue weighted by atomic mass is 35.5. The van der Waals surface area contributed by atoms with Gasteiger partial charge in [0.2, 0.25) is 0 Å². The number of nitrogens with zero attached hydrogens (tertiary/aromatic N) is 4. The van der Waals surface area contributed by atoms with Crippen molar-refractivity contribution in [1.82, 2.24) is 20.3 Å². The minimum absolute atomic E-state index is 0.698. The number of hydrogen-bond acceptors (Lipinski definition) is 5. The molecule has 1 aromatic carbocycles. The highest BCUT2D eigenvalue weighted by Crippen LogP contribution is 2.31. The zero-order valence-electron chi connectivity index (χ0n) is 11.4. The van der Waals surface area contributed by atoms with Crippen molar-refractivity contribution < 1.29 is 0 Å². The monoisotopic (exact) mass is 299 g/mol. The number of hydrogen-bond donors (Lipinski definition) is 1. The smallest absolute Gasteiger partial charge is 0.156 e. The number of benzene rings is 1. The Hall–Kier alpha value is -1.98. The van der Waals surface area contributed by atoms with Gasteiger partial charge in [-0.1, -0.05) is 11.6 Å². The van der Waals surface area contributed by atoms with Gasteiger partial charge in [0, 0.05) is 48.2 Å². The summed E-state index contributed by atoms with van der Waals surface area (Å²) in [6, 6.07) is 5.75. The number of rotatable bonds is 1. The highest BCUT2D eigenvalue weighted by molar-refractivity contribution is 6.31. The van der Waals surface area contributed by atoms with E-state index in [0.29, 0.717) is 5.02 Å². The first kappa shape index (κ1) is 12.7. The second-order valence-electron chi connectivity index (χ2n) is 5.12. The minimum atomic E-state index is 0.698. The zero-order valence-corrected chi connectivity index (χ0v) is 12.1. The third-order valence-electron chi connectivity index (χ3n) is 3.82. The lowest BCUT2D eigenvalue weighted by Crippen LogP contribution is -2.44. The molecule has 0 aliphatic carbocycles. The van der Waals surface area contributed by atoms with Crippen LogP contribution in [-0.4, -0.2) is 41.1 Å². The molecular weight excluding hydrogens is 286 g/mol. The molecule has 106 valence electrons. The molecule has 0 saturated carbocycles. The second kappa shape index (κ2) is 5.09. The fraction of sp³-hybridized carbons (Fsp3) is 0.267. The van der Waals surface area contributed by atoms with E-state index in [9.17, 15) is 0 Å². The van der Waals surface area contributed by atoms with E-state index >= 15 is 0 Å². The number of anilines is 1. The molecule has 0 amide bonds. The summed E-state index contributed by atoms with van der Waals surface area (Å²) >= 11 is 6.12. The molecule has 1 aliphatic rings. The van der Waals surface area contributed by atoms with E-state index in [2.05, 4.69) is 20.2 Å². The van der Waals surface area contributed by atoms with Crippen LogP contribution in [0.25, 0.3) is 21.8 Å². The van der Waals surface area contributed by atoms with Crippen LogP contribution in [0, 0.1) is 0 Å². The van der Waals surface area contributed by atoms with Gasteiger partial charge in [0.1, 0.15) is 11.8 Å². The molecule has 3 aromatic rings. The van der Waals surface area contributed by atoms with Crippen molar-refractivity contribution in [2.24, 2.45) is 0 Å². The SMILES string of the molecule is Clc1ccc2nc(N3CCNCC3)c3ncncc3c2c1. The van der Waals surface area contributed by atoms with Crippen molar-refractivity contribution in [3.8, 4) is 0 Å². The molecule has 0 radical (unpaired) electrons. The van der Waals surface area contributed by atoms with Gasteiger partial charge in [-0.15, -0.1) is 0 Å². The normalized spacial score (nSPS) is 15.8. The summed E-state index contributed by atoms with van der Waals surface area (Å²) in [6.45, 7) is 3.80. The highest BCUT2D eigenvalue weighted by Gasteiger charge is 2.17. The summed E-state index contributed by atoms with van der Waals surface area (Å²) in [4.78, 5) is 15.7. The average molecular weight is 300 g/mol. The topological polar surface area (TPSA) is 53.9 Å². The molecule has 0 bridgehead atoms. The summed E-state index contributed by atoms with van der Waals surface area (Å²) in [7, 11) is 0. The molecule has 5 nitrogen and oxygen atoms in total. The molecule has 21 heavy (non-hydrogen) atoms. The van der Waals surface area contributed by atoms with Gasteiger partial charge in [-0.2, -0.15) is 0 Å². The second-order valence-corrected chi connectivity index (χ2v) is 5.56. The maximum atomic E-state index is 6.12. The van der Waals surface area contributed by atoms with Gasteiger partial charge in [0.25, 0.3) is 0 Å². The van der Waals surface area contributed by atoms with Crippen molar-refractivity contribution in [3.05, 3.63) is 35.7 Å².